The van der Waals surface area contributed by atoms with Gasteiger partial charge in [-0.3, -0.25) is 9.36 Å². The minimum atomic E-state index is -2.97. The molecule has 0 saturated carbocycles. The molecule has 0 radical (unpaired) electrons. The van der Waals surface area contributed by atoms with Crippen LogP contribution in [0.1, 0.15) is 25.8 Å². The number of hydrogen-bond acceptors (Lipinski definition) is 6. The maximum atomic E-state index is 12.3. The Labute approximate surface area is 134 Å². The van der Waals surface area contributed by atoms with Gasteiger partial charge in [-0.05, 0) is 26.8 Å². The van der Waals surface area contributed by atoms with Crippen LogP contribution in [0.2, 0.25) is 0 Å². The SMILES string of the molecule is CCOP(=O)(CCCNCc1c[nH]c2c(=O)[nH]cnc12)OCC. The van der Waals surface area contributed by atoms with Gasteiger partial charge in [0.1, 0.15) is 5.52 Å². The third kappa shape index (κ3) is 4.75. The third-order valence-corrected chi connectivity index (χ3v) is 5.47. The molecule has 0 aliphatic carbocycles. The molecule has 0 unspecified atom stereocenters. The molecule has 128 valence electrons. The van der Waals surface area contributed by atoms with E-state index in [2.05, 4.69) is 20.3 Å². The summed E-state index contributed by atoms with van der Waals surface area (Å²) in [6, 6.07) is 0. The predicted molar refractivity (Wildman–Crippen MR) is 88.8 cm³/mol. The summed E-state index contributed by atoms with van der Waals surface area (Å²) in [6.07, 6.45) is 4.22. The van der Waals surface area contributed by atoms with Gasteiger partial charge in [0.05, 0.1) is 31.2 Å². The Morgan fingerprint density at radius 2 is 2.00 bits per heavy atom. The first kappa shape index (κ1) is 17.9. The first-order valence-electron chi connectivity index (χ1n) is 7.72. The van der Waals surface area contributed by atoms with E-state index >= 15 is 0 Å². The summed E-state index contributed by atoms with van der Waals surface area (Å²) < 4.78 is 22.8. The molecule has 2 rings (SSSR count). The van der Waals surface area contributed by atoms with Crippen LogP contribution in [0.3, 0.4) is 0 Å². The molecule has 0 atom stereocenters. The van der Waals surface area contributed by atoms with Gasteiger partial charge in [-0.1, -0.05) is 0 Å². The summed E-state index contributed by atoms with van der Waals surface area (Å²) in [6.45, 7) is 5.59. The maximum absolute atomic E-state index is 12.3. The molecule has 0 aliphatic rings. The summed E-state index contributed by atoms with van der Waals surface area (Å²) >= 11 is 0. The van der Waals surface area contributed by atoms with Gasteiger partial charge in [0.25, 0.3) is 5.56 Å². The van der Waals surface area contributed by atoms with E-state index in [-0.39, 0.29) is 5.56 Å². The number of fused-ring (bicyclic) bond motifs is 1. The van der Waals surface area contributed by atoms with Gasteiger partial charge < -0.3 is 24.3 Å². The zero-order valence-corrected chi connectivity index (χ0v) is 14.3. The molecule has 23 heavy (non-hydrogen) atoms. The molecule has 2 aromatic rings. The van der Waals surface area contributed by atoms with Crippen LogP contribution in [0.4, 0.5) is 0 Å². The molecule has 0 fully saturated rings. The highest BCUT2D eigenvalue weighted by Gasteiger charge is 2.22. The van der Waals surface area contributed by atoms with E-state index in [1.807, 2.05) is 0 Å². The van der Waals surface area contributed by atoms with Crippen molar-refractivity contribution in [2.24, 2.45) is 0 Å². The summed E-state index contributed by atoms with van der Waals surface area (Å²) in [4.78, 5) is 21.2. The van der Waals surface area contributed by atoms with Crippen molar-refractivity contribution in [2.75, 3.05) is 25.9 Å². The van der Waals surface area contributed by atoms with E-state index in [0.29, 0.717) is 49.9 Å². The molecule has 0 saturated heterocycles. The van der Waals surface area contributed by atoms with E-state index in [1.54, 1.807) is 20.0 Å². The van der Waals surface area contributed by atoms with E-state index in [1.165, 1.54) is 6.33 Å². The van der Waals surface area contributed by atoms with Gasteiger partial charge in [0.2, 0.25) is 0 Å². The lowest BCUT2D eigenvalue weighted by Gasteiger charge is -2.16. The lowest BCUT2D eigenvalue weighted by atomic mass is 10.3. The predicted octanol–water partition coefficient (Wildman–Crippen LogP) is 2.00. The Balaban J connectivity index is 1.82. The second kappa shape index (κ2) is 8.40. The molecule has 8 nitrogen and oxygen atoms in total. The number of aromatic amines is 2. The van der Waals surface area contributed by atoms with Crippen molar-refractivity contribution in [3.05, 3.63) is 28.4 Å². The molecular formula is C14H23N4O4P. The lowest BCUT2D eigenvalue weighted by Crippen LogP contribution is -2.16. The fourth-order valence-electron chi connectivity index (χ4n) is 2.32. The van der Waals surface area contributed by atoms with Crippen molar-refractivity contribution in [2.45, 2.75) is 26.8 Å². The second-order valence-corrected chi connectivity index (χ2v) is 7.15. The minimum absolute atomic E-state index is 0.185. The van der Waals surface area contributed by atoms with Crippen LogP contribution in [-0.2, 0) is 20.2 Å². The van der Waals surface area contributed by atoms with Gasteiger partial charge in [-0.15, -0.1) is 0 Å². The Bertz CT molecular complexity index is 717. The first-order chi connectivity index (χ1) is 11.1. The van der Waals surface area contributed by atoms with E-state index in [9.17, 15) is 9.36 Å². The zero-order chi connectivity index (χ0) is 16.7. The topological polar surface area (TPSA) is 109 Å². The van der Waals surface area contributed by atoms with Crippen LogP contribution in [0.25, 0.3) is 11.0 Å². The molecule has 3 N–H and O–H groups in total. The van der Waals surface area contributed by atoms with Crippen LogP contribution >= 0.6 is 7.60 Å². The Hall–Kier alpha value is -1.47. The van der Waals surface area contributed by atoms with Gasteiger partial charge in [0.15, 0.2) is 0 Å². The number of nitrogens with one attached hydrogen (secondary N) is 3. The number of rotatable bonds is 10. The summed E-state index contributed by atoms with van der Waals surface area (Å²) in [5.74, 6) is 0. The van der Waals surface area contributed by atoms with Crippen molar-refractivity contribution in [1.29, 1.82) is 0 Å². The number of aromatic nitrogens is 3. The van der Waals surface area contributed by atoms with Crippen LogP contribution in [0, 0.1) is 0 Å². The summed E-state index contributed by atoms with van der Waals surface area (Å²) in [5, 5.41) is 3.25. The third-order valence-electron chi connectivity index (χ3n) is 3.30. The molecule has 2 heterocycles. The standard InChI is InChI=1S/C14H23N4O4P/c1-3-21-23(20,22-4-2)7-5-6-15-8-11-9-16-13-12(11)17-10-18-14(13)19/h9-10,15-16H,3-8H2,1-2H3,(H,17,18,19). The monoisotopic (exact) mass is 342 g/mol. The highest BCUT2D eigenvalue weighted by Crippen LogP contribution is 2.48. The number of H-pyrrole nitrogens is 2. The average molecular weight is 342 g/mol. The van der Waals surface area contributed by atoms with E-state index in [4.69, 9.17) is 9.05 Å². The normalized spacial score (nSPS) is 12.1. The van der Waals surface area contributed by atoms with Crippen molar-refractivity contribution in [3.63, 3.8) is 0 Å². The van der Waals surface area contributed by atoms with Crippen LogP contribution < -0.4 is 10.9 Å². The van der Waals surface area contributed by atoms with Gasteiger partial charge in [0, 0.05) is 18.3 Å². The molecule has 0 bridgehead atoms. The summed E-state index contributed by atoms with van der Waals surface area (Å²) in [5.41, 5.74) is 1.87. The fourth-order valence-corrected chi connectivity index (χ4v) is 3.98. The van der Waals surface area contributed by atoms with Crippen LogP contribution in [0.5, 0.6) is 0 Å². The van der Waals surface area contributed by atoms with Crippen LogP contribution in [0.15, 0.2) is 17.3 Å². The highest BCUT2D eigenvalue weighted by atomic mass is 31.2. The van der Waals surface area contributed by atoms with E-state index in [0.717, 1.165) is 5.56 Å². The Morgan fingerprint density at radius 1 is 1.26 bits per heavy atom. The summed E-state index contributed by atoms with van der Waals surface area (Å²) in [7, 11) is -2.97. The van der Waals surface area contributed by atoms with Gasteiger partial charge in [-0.25, -0.2) is 4.98 Å². The molecule has 2 aromatic heterocycles. The molecule has 0 spiro atoms. The largest absolute Gasteiger partial charge is 0.355 e. The second-order valence-electron chi connectivity index (χ2n) is 4.97. The first-order valence-corrected chi connectivity index (χ1v) is 9.45. The molecule has 0 amide bonds. The Kier molecular flexibility index (Phi) is 6.53. The van der Waals surface area contributed by atoms with E-state index < -0.39 is 7.60 Å². The molecule has 0 aromatic carbocycles. The molecule has 0 aliphatic heterocycles. The van der Waals surface area contributed by atoms with Crippen molar-refractivity contribution >= 4 is 18.6 Å². The fraction of sp³-hybridized carbons (Fsp3) is 0.571. The Morgan fingerprint density at radius 3 is 2.70 bits per heavy atom. The van der Waals surface area contributed by atoms with Gasteiger partial charge in [-0.2, -0.15) is 0 Å². The van der Waals surface area contributed by atoms with Gasteiger partial charge >= 0.3 is 7.60 Å². The van der Waals surface area contributed by atoms with Crippen molar-refractivity contribution < 1.29 is 13.6 Å². The van der Waals surface area contributed by atoms with Crippen molar-refractivity contribution in [3.8, 4) is 0 Å². The smallest absolute Gasteiger partial charge is 0.330 e. The van der Waals surface area contributed by atoms with Crippen molar-refractivity contribution in [1.82, 2.24) is 20.3 Å². The van der Waals surface area contributed by atoms with Crippen LogP contribution in [-0.4, -0.2) is 40.9 Å². The maximum Gasteiger partial charge on any atom is 0.330 e. The molecule has 9 heteroatoms. The number of hydrogen-bond donors (Lipinski definition) is 3. The molecular weight excluding hydrogens is 319 g/mol. The minimum Gasteiger partial charge on any atom is -0.355 e. The number of nitrogens with zero attached hydrogens (tertiary/aromatic N) is 1. The zero-order valence-electron chi connectivity index (χ0n) is 13.4. The quantitative estimate of drug-likeness (QED) is 0.450. The lowest BCUT2D eigenvalue weighted by molar-refractivity contribution is 0.219. The average Bonchev–Trinajstić information content (AvgIpc) is 2.92. The highest BCUT2D eigenvalue weighted by molar-refractivity contribution is 7.53.